The number of hydrogen-bond donors (Lipinski definition) is 3. The molecule has 0 spiro atoms. The number of carbonyl (C=O) groups excluding carboxylic acids is 2. The Morgan fingerprint density at radius 1 is 0.717 bits per heavy atom. The highest BCUT2D eigenvalue weighted by Gasteiger charge is 2.27. The Hall–Kier alpha value is -6.61. The molecule has 53 heavy (non-hydrogen) atoms. The summed E-state index contributed by atoms with van der Waals surface area (Å²) < 4.78 is 23.8. The summed E-state index contributed by atoms with van der Waals surface area (Å²) in [5.74, 6) is 0.270. The second-order valence-electron chi connectivity index (χ2n) is 12.0. The van der Waals surface area contributed by atoms with E-state index in [2.05, 4.69) is 5.32 Å². The lowest BCUT2D eigenvalue weighted by Crippen LogP contribution is -2.34. The molecule has 2 aromatic heterocycles. The van der Waals surface area contributed by atoms with Gasteiger partial charge in [-0.3, -0.25) is 19.2 Å². The molecule has 3 N–H and O–H groups in total. The van der Waals surface area contributed by atoms with Gasteiger partial charge in [0.25, 0.3) is 22.9 Å². The van der Waals surface area contributed by atoms with Crippen LogP contribution in [0.15, 0.2) is 93.3 Å². The molecule has 8 rings (SSSR count). The van der Waals surface area contributed by atoms with E-state index in [9.17, 15) is 29.4 Å². The first-order valence-electron chi connectivity index (χ1n) is 16.1. The fourth-order valence-corrected chi connectivity index (χ4v) is 6.50. The first kappa shape index (κ1) is 34.8. The number of benzene rings is 4. The monoisotopic (exact) mass is 736 g/mol. The van der Waals surface area contributed by atoms with Gasteiger partial charge in [0, 0.05) is 60.3 Å². The number of nitrogens with one attached hydrogen (secondary N) is 1. The number of nitrogens with zero attached hydrogens (tertiary/aromatic N) is 3. The number of rotatable bonds is 5. The predicted molar refractivity (Wildman–Crippen MR) is 199 cm³/mol. The summed E-state index contributed by atoms with van der Waals surface area (Å²) in [7, 11) is 4.68. The van der Waals surface area contributed by atoms with Crippen molar-refractivity contribution in [1.29, 1.82) is 0 Å². The molecule has 4 heterocycles. The number of pyridine rings is 2. The largest absolute Gasteiger partial charge is 0.506 e. The third-order valence-corrected chi connectivity index (χ3v) is 9.70. The number of thioether (sulfide) groups is 1. The number of fused-ring (bicyclic) bond motifs is 4. The van der Waals surface area contributed by atoms with Gasteiger partial charge in [0.05, 0.1) is 11.0 Å². The quantitative estimate of drug-likeness (QED) is 0.199. The number of aromatic nitrogens is 2. The van der Waals surface area contributed by atoms with Crippen LogP contribution in [0, 0.1) is 0 Å². The van der Waals surface area contributed by atoms with Gasteiger partial charge in [0.2, 0.25) is 13.6 Å². The second-order valence-corrected chi connectivity index (χ2v) is 12.9. The molecule has 2 amide bonds. The second kappa shape index (κ2) is 13.8. The van der Waals surface area contributed by atoms with Gasteiger partial charge in [-0.05, 0) is 60.9 Å². The number of aromatic hydroxyl groups is 2. The topological polar surface area (TPSA) is 171 Å². The van der Waals surface area contributed by atoms with Crippen molar-refractivity contribution in [3.05, 3.63) is 111 Å². The van der Waals surface area contributed by atoms with Crippen LogP contribution in [-0.2, 0) is 14.1 Å². The van der Waals surface area contributed by atoms with Crippen LogP contribution >= 0.6 is 11.8 Å². The smallest absolute Gasteiger partial charge is 0.267 e. The molecule has 0 fully saturated rings. The van der Waals surface area contributed by atoms with Crippen molar-refractivity contribution in [2.24, 2.45) is 14.1 Å². The molecular weight excluding hydrogens is 705 g/mol. The van der Waals surface area contributed by atoms with Gasteiger partial charge in [-0.15, -0.1) is 11.8 Å². The third kappa shape index (κ3) is 6.20. The minimum absolute atomic E-state index is 0.124. The number of anilines is 2. The van der Waals surface area contributed by atoms with Gasteiger partial charge in [-0.2, -0.15) is 0 Å². The van der Waals surface area contributed by atoms with E-state index in [0.717, 1.165) is 4.90 Å². The molecule has 0 aliphatic carbocycles. The van der Waals surface area contributed by atoms with E-state index >= 15 is 0 Å². The van der Waals surface area contributed by atoms with E-state index in [-0.39, 0.29) is 36.2 Å². The highest BCUT2D eigenvalue weighted by Crippen LogP contribution is 2.37. The fourth-order valence-electron chi connectivity index (χ4n) is 6.06. The zero-order chi connectivity index (χ0) is 37.6. The summed E-state index contributed by atoms with van der Waals surface area (Å²) >= 11 is 1.51. The average Bonchev–Trinajstić information content (AvgIpc) is 3.85. The molecule has 0 unspecified atom stereocenters. The van der Waals surface area contributed by atoms with Crippen LogP contribution in [0.5, 0.6) is 34.5 Å². The molecule has 4 aromatic carbocycles. The lowest BCUT2D eigenvalue weighted by atomic mass is 10.1. The number of carbonyl (C=O) groups is 2. The van der Waals surface area contributed by atoms with E-state index in [0.29, 0.717) is 56.2 Å². The van der Waals surface area contributed by atoms with Crippen LogP contribution in [-0.4, -0.2) is 58.1 Å². The summed E-state index contributed by atoms with van der Waals surface area (Å²) in [5.41, 5.74) is 0.353. The molecule has 15 heteroatoms. The number of amides is 2. The maximum absolute atomic E-state index is 13.1. The van der Waals surface area contributed by atoms with E-state index in [4.69, 9.17) is 18.9 Å². The lowest BCUT2D eigenvalue weighted by molar-refractivity contribution is 0.0986. The number of hydrogen-bond acceptors (Lipinski definition) is 11. The average molecular weight is 737 g/mol. The van der Waals surface area contributed by atoms with Gasteiger partial charge < -0.3 is 48.5 Å². The lowest BCUT2D eigenvalue weighted by Gasteiger charge is -2.19. The maximum atomic E-state index is 13.1. The van der Waals surface area contributed by atoms with Crippen molar-refractivity contribution in [2.45, 2.75) is 4.90 Å². The molecule has 270 valence electrons. The van der Waals surface area contributed by atoms with Crippen LogP contribution in [0.4, 0.5) is 11.4 Å². The Bertz CT molecular complexity index is 2600. The Balaban J connectivity index is 0.000000165. The Morgan fingerprint density at radius 2 is 1.30 bits per heavy atom. The molecule has 0 radical (unpaired) electrons. The normalized spacial score (nSPS) is 12.4. The zero-order valence-electron chi connectivity index (χ0n) is 28.8. The van der Waals surface area contributed by atoms with Crippen molar-refractivity contribution in [3.63, 3.8) is 0 Å². The van der Waals surface area contributed by atoms with E-state index in [1.165, 1.54) is 25.8 Å². The molecule has 0 atom stereocenters. The molecular formula is C38H32N4O10S. The maximum Gasteiger partial charge on any atom is 0.267 e. The Labute approximate surface area is 305 Å². The summed E-state index contributed by atoms with van der Waals surface area (Å²) in [5, 5.41) is 24.7. The standard InChI is InChI=1S/C20H18N2O5S.C18H14N2O5/c1-21(11-4-7-15-16(8-11)27-10-26-15)19(24)17-18(23)13-9-12(28-3)5-6-14(13)22(2)20(17)25;1-20-12-5-3-2-4-11(12)16(21)15(18(20)23)17(22)19-10-6-7-13-14(8-10)25-9-24-13/h4-9,23H,10H2,1-3H3;2-8,21H,9H2,1H3,(H,19,22). The van der Waals surface area contributed by atoms with Crippen molar-refractivity contribution in [2.75, 3.05) is 37.1 Å². The van der Waals surface area contributed by atoms with Crippen LogP contribution in [0.1, 0.15) is 20.7 Å². The number of ether oxygens (including phenoxy) is 4. The first-order valence-corrected chi connectivity index (χ1v) is 17.3. The zero-order valence-corrected chi connectivity index (χ0v) is 29.6. The summed E-state index contributed by atoms with van der Waals surface area (Å²) in [6.45, 7) is 0.249. The molecule has 0 bridgehead atoms. The van der Waals surface area contributed by atoms with Crippen molar-refractivity contribution < 1.29 is 38.7 Å². The molecule has 2 aliphatic rings. The molecule has 6 aromatic rings. The molecule has 14 nitrogen and oxygen atoms in total. The highest BCUT2D eigenvalue weighted by molar-refractivity contribution is 7.98. The van der Waals surface area contributed by atoms with E-state index < -0.39 is 22.9 Å². The summed E-state index contributed by atoms with van der Waals surface area (Å²) in [4.78, 5) is 53.3. The summed E-state index contributed by atoms with van der Waals surface area (Å²) in [6, 6.07) is 22.2. The van der Waals surface area contributed by atoms with Crippen molar-refractivity contribution in [3.8, 4) is 34.5 Å². The van der Waals surface area contributed by atoms with Crippen LogP contribution in [0.25, 0.3) is 21.8 Å². The van der Waals surface area contributed by atoms with Crippen LogP contribution in [0.2, 0.25) is 0 Å². The molecule has 2 aliphatic heterocycles. The molecule has 0 saturated heterocycles. The van der Waals surface area contributed by atoms with Gasteiger partial charge >= 0.3 is 0 Å². The first-order chi connectivity index (χ1) is 25.5. The van der Waals surface area contributed by atoms with Gasteiger partial charge in [0.1, 0.15) is 22.6 Å². The summed E-state index contributed by atoms with van der Waals surface area (Å²) in [6.07, 6.45) is 1.92. The number of aryl methyl sites for hydroxylation is 2. The predicted octanol–water partition coefficient (Wildman–Crippen LogP) is 5.20. The minimum atomic E-state index is -0.692. The van der Waals surface area contributed by atoms with Crippen LogP contribution in [0.3, 0.4) is 0 Å². The van der Waals surface area contributed by atoms with Gasteiger partial charge in [0.15, 0.2) is 23.0 Å². The van der Waals surface area contributed by atoms with Gasteiger partial charge in [-0.1, -0.05) is 12.1 Å². The van der Waals surface area contributed by atoms with Crippen molar-refractivity contribution in [1.82, 2.24) is 9.13 Å². The van der Waals surface area contributed by atoms with Crippen molar-refractivity contribution >= 4 is 56.8 Å². The minimum Gasteiger partial charge on any atom is -0.506 e. The molecule has 0 saturated carbocycles. The highest BCUT2D eigenvalue weighted by atomic mass is 32.2. The Morgan fingerprint density at radius 3 is 2.00 bits per heavy atom. The van der Waals surface area contributed by atoms with E-state index in [1.807, 2.05) is 12.3 Å². The SMILES string of the molecule is CSc1ccc2c(c1)c(O)c(C(=O)N(C)c1ccc3c(c1)OCO3)c(=O)n2C.Cn1c(=O)c(C(=O)Nc2ccc3c(c2)OCO3)c(O)c2ccccc21. The van der Waals surface area contributed by atoms with E-state index in [1.54, 1.807) is 93.9 Å². The van der Waals surface area contributed by atoms with Crippen LogP contribution < -0.4 is 40.3 Å². The number of para-hydroxylation sites is 1. The Kier molecular flexibility index (Phi) is 9.09. The fraction of sp³-hybridized carbons (Fsp3) is 0.158. The third-order valence-electron chi connectivity index (χ3n) is 8.97. The van der Waals surface area contributed by atoms with Gasteiger partial charge in [-0.25, -0.2) is 0 Å².